The average Bonchev–Trinajstić information content (AvgIpc) is 0.935. The van der Waals surface area contributed by atoms with E-state index in [0.717, 1.165) is 293 Å². The summed E-state index contributed by atoms with van der Waals surface area (Å²) in [5.41, 5.74) is -0.618. The zero-order valence-corrected chi connectivity index (χ0v) is 82.3. The number of rotatable bonds is 93. The van der Waals surface area contributed by atoms with Crippen LogP contribution in [0.3, 0.4) is 0 Å². The maximum Gasteiger partial charge on any atom is 0.407 e. The molecule has 0 spiro atoms. The molecule has 0 saturated heterocycles. The third kappa shape index (κ3) is 77.5. The van der Waals surface area contributed by atoms with Crippen LogP contribution in [0.15, 0.2) is 0 Å². The van der Waals surface area contributed by atoms with Gasteiger partial charge >= 0.3 is 6.09 Å². The smallest absolute Gasteiger partial charge is 0.407 e. The Bertz CT molecular complexity index is 2880. The van der Waals surface area contributed by atoms with E-state index in [-0.39, 0.29) is 0 Å². The second kappa shape index (κ2) is 91.6. The van der Waals surface area contributed by atoms with Gasteiger partial charge in [-0.2, -0.15) is 84.2 Å². The maximum atomic E-state index is 12.8. The van der Waals surface area contributed by atoms with Gasteiger partial charge in [-0.25, -0.2) is 4.79 Å². The number of carbonyl (C=O) groups excluding carboxylic acids is 1. The van der Waals surface area contributed by atoms with Gasteiger partial charge in [-0.3, -0.25) is 0 Å². The maximum absolute atomic E-state index is 12.8. The van der Waals surface area contributed by atoms with Gasteiger partial charge in [0, 0.05) is 240 Å². The lowest BCUT2D eigenvalue weighted by atomic mass is 10.2. The first-order chi connectivity index (χ1) is 64.9. The number of ether oxygens (including phenoxy) is 1. The van der Waals surface area contributed by atoms with Crippen molar-refractivity contribution in [3.05, 3.63) is 0 Å². The molecule has 0 bridgehead atoms. The van der Waals surface area contributed by atoms with Crippen LogP contribution in [0, 0.1) is 181 Å². The topological polar surface area (TPSA) is 468 Å². The molecular formula is C99H166N32O2. The molecule has 0 aliphatic rings. The van der Waals surface area contributed by atoms with Crippen molar-refractivity contribution in [3.8, 4) is 97.1 Å². The van der Waals surface area contributed by atoms with Crippen LogP contribution in [0.25, 0.3) is 0 Å². The number of nitriles is 16. The van der Waals surface area contributed by atoms with Gasteiger partial charge in [0.2, 0.25) is 0 Å². The van der Waals surface area contributed by atoms with Crippen molar-refractivity contribution < 1.29 is 9.53 Å². The van der Waals surface area contributed by atoms with E-state index in [1.54, 1.807) is 0 Å². The second-order valence-corrected chi connectivity index (χ2v) is 35.2. The van der Waals surface area contributed by atoms with E-state index in [4.69, 9.17) is 4.74 Å². The quantitative estimate of drug-likeness (QED) is 0.0553. The second-order valence-electron chi connectivity index (χ2n) is 35.2. The Hall–Kier alpha value is -9.49. The molecule has 0 heterocycles. The summed E-state index contributed by atoms with van der Waals surface area (Å²) in [5, 5.41) is 156. The van der Waals surface area contributed by atoms with Crippen LogP contribution in [-0.2, 0) is 4.74 Å². The number of nitrogens with one attached hydrogen (secondary N) is 1. The fourth-order valence-corrected chi connectivity index (χ4v) is 16.5. The Morgan fingerprint density at radius 1 is 0.173 bits per heavy atom. The molecule has 34 heteroatoms. The first kappa shape index (κ1) is 124. The van der Waals surface area contributed by atoms with Gasteiger partial charge < -0.3 is 83.6 Å². The minimum Gasteiger partial charge on any atom is -0.444 e. The van der Waals surface area contributed by atoms with Crippen LogP contribution in [-0.4, -0.2) is 386 Å². The van der Waals surface area contributed by atoms with Crippen molar-refractivity contribution in [1.82, 2.24) is 78.8 Å². The third-order valence-electron chi connectivity index (χ3n) is 23.6. The van der Waals surface area contributed by atoms with Crippen molar-refractivity contribution in [1.29, 1.82) is 84.2 Å². The molecule has 34 nitrogen and oxygen atoms in total. The molecular weight excluding hydrogens is 1670 g/mol. The highest BCUT2D eigenvalue weighted by molar-refractivity contribution is 5.67. The fraction of sp³-hybridized carbons (Fsp3) is 0.828. The number of amides is 1. The lowest BCUT2D eigenvalue weighted by Crippen LogP contribution is -2.43. The van der Waals surface area contributed by atoms with Gasteiger partial charge in [0.25, 0.3) is 0 Å². The summed E-state index contributed by atoms with van der Waals surface area (Å²) >= 11 is 0. The number of hydrogen-bond acceptors (Lipinski definition) is 33. The van der Waals surface area contributed by atoms with Crippen LogP contribution in [0.5, 0.6) is 0 Å². The number of carbonyl (C=O) groups is 1. The van der Waals surface area contributed by atoms with E-state index in [9.17, 15) is 89.0 Å². The number of hydrogen-bond donors (Lipinski definition) is 1. The van der Waals surface area contributed by atoms with Gasteiger partial charge in [-0.1, -0.05) is 12.8 Å². The van der Waals surface area contributed by atoms with E-state index in [1.165, 1.54) is 0 Å². The van der Waals surface area contributed by atoms with Crippen molar-refractivity contribution in [2.75, 3.05) is 301 Å². The summed E-state index contributed by atoms with van der Waals surface area (Å²) in [6.45, 7) is 38.8. The lowest BCUT2D eigenvalue weighted by Gasteiger charge is -2.32. The zero-order chi connectivity index (χ0) is 97.6. The monoisotopic (exact) mass is 1840 g/mol. The molecule has 0 rings (SSSR count). The fourth-order valence-electron chi connectivity index (χ4n) is 16.5. The third-order valence-corrected chi connectivity index (χ3v) is 23.6. The van der Waals surface area contributed by atoms with Crippen molar-refractivity contribution >= 4 is 6.09 Å². The van der Waals surface area contributed by atoms with Crippen molar-refractivity contribution in [3.63, 3.8) is 0 Å². The summed E-state index contributed by atoms with van der Waals surface area (Å²) in [6.07, 6.45) is 19.5. The summed E-state index contributed by atoms with van der Waals surface area (Å²) in [7, 11) is 0. The molecule has 0 atom stereocenters. The Morgan fingerprint density at radius 2 is 0.286 bits per heavy atom. The Labute approximate surface area is 804 Å². The predicted octanol–water partition coefficient (Wildman–Crippen LogP) is 10.9. The summed E-state index contributed by atoms with van der Waals surface area (Å²) < 4.78 is 5.57. The highest BCUT2D eigenvalue weighted by Crippen LogP contribution is 2.15. The van der Waals surface area contributed by atoms with Gasteiger partial charge in [-0.15, -0.1) is 0 Å². The highest BCUT2D eigenvalue weighted by atomic mass is 16.6. The molecule has 0 radical (unpaired) electrons. The van der Waals surface area contributed by atoms with E-state index >= 15 is 0 Å². The summed E-state index contributed by atoms with van der Waals surface area (Å²) in [5.74, 6) is 0. The molecule has 734 valence electrons. The Kier molecular flexibility index (Phi) is 85.1. The predicted molar refractivity (Wildman–Crippen MR) is 518 cm³/mol. The molecule has 0 fully saturated rings. The van der Waals surface area contributed by atoms with Gasteiger partial charge in [-0.05, 0) is 274 Å². The number of unbranched alkanes of at least 4 members (excludes halogenated alkanes) is 3. The van der Waals surface area contributed by atoms with Gasteiger partial charge in [0.05, 0.1) is 97.1 Å². The largest absolute Gasteiger partial charge is 0.444 e. The first-order valence-electron chi connectivity index (χ1n) is 49.7. The number of alkyl carbamates (subject to hydrolysis) is 1. The number of nitrogens with zero attached hydrogens (tertiary/aromatic N) is 31. The van der Waals surface area contributed by atoms with E-state index in [2.05, 4.69) is 176 Å². The minimum atomic E-state index is -0.618. The van der Waals surface area contributed by atoms with Crippen molar-refractivity contribution in [2.24, 2.45) is 0 Å². The standard InChI is InChI=1S/C99H166N32O2/c1-99(2,3)133-98(132)116-52-6-4-5-7-53-131(96-94-129(90-32-86-125(78-24-70-117(54-8-36-100)55-9-37-101)79-25-71-118(56-10-38-102)57-11-39-103)91-33-87-126(80-26-72-119(58-12-40-104)59-13-41-105)81-27-73-120(60-14-42-106)61-15-43-107)97-95-130(92-34-88-127(82-28-74-121(62-16-44-108)63-17-45-109)83-29-75-122(64-18-46-110)65-19-47-111)93-35-89-128(84-30-76-123(66-20-48-112)67-21-49-113)85-31-77-124(68-22-50-114)69-23-51-115/h4-35,52-97H2,1-3H3,(H,116,132). The normalized spacial score (nSPS) is 11.4. The van der Waals surface area contributed by atoms with Crippen LogP contribution in [0.1, 0.15) is 226 Å². The van der Waals surface area contributed by atoms with Gasteiger partial charge in [0.1, 0.15) is 5.60 Å². The first-order valence-corrected chi connectivity index (χ1v) is 49.7. The van der Waals surface area contributed by atoms with Crippen LogP contribution in [0.4, 0.5) is 4.79 Å². The molecule has 0 saturated carbocycles. The Balaban J connectivity index is 8.55. The lowest BCUT2D eigenvalue weighted by molar-refractivity contribution is 0.0526. The SMILES string of the molecule is CC(C)(C)OC(=O)NCCCCCCN(CCN(CCCN(CCCN(CCC#N)CCC#N)CCCN(CCC#N)CCC#N)CCCN(CCCN(CCC#N)CCC#N)CCCN(CCC#N)CCC#N)CCN(CCCN(CCCN(CCC#N)CCC#N)CCCN(CCC#N)CCC#N)CCCN(CCCN(CCC#N)CCC#N)CCCN(CCC#N)CCC#N. The molecule has 0 aromatic carbocycles. The van der Waals surface area contributed by atoms with E-state index in [0.29, 0.717) is 214 Å². The summed E-state index contributed by atoms with van der Waals surface area (Å²) in [6, 6.07) is 36.6. The molecule has 0 aliphatic carbocycles. The Morgan fingerprint density at radius 3 is 0.421 bits per heavy atom. The van der Waals surface area contributed by atoms with Crippen LogP contribution < -0.4 is 5.32 Å². The van der Waals surface area contributed by atoms with Crippen LogP contribution >= 0.6 is 0 Å². The molecule has 1 amide bonds. The summed E-state index contributed by atoms with van der Waals surface area (Å²) in [4.78, 5) is 48.6. The molecule has 0 unspecified atom stereocenters. The zero-order valence-electron chi connectivity index (χ0n) is 82.3. The van der Waals surface area contributed by atoms with Crippen molar-refractivity contribution in [2.45, 2.75) is 232 Å². The molecule has 0 aromatic rings. The minimum absolute atomic E-state index is 0.377. The molecule has 0 aliphatic heterocycles. The molecule has 133 heavy (non-hydrogen) atoms. The molecule has 1 N–H and O–H groups in total. The average molecular weight is 1840 g/mol. The van der Waals surface area contributed by atoms with Gasteiger partial charge in [0.15, 0.2) is 0 Å². The van der Waals surface area contributed by atoms with Crippen LogP contribution in [0.2, 0.25) is 0 Å². The molecule has 0 aromatic heterocycles. The van der Waals surface area contributed by atoms with E-state index in [1.807, 2.05) is 20.8 Å². The highest BCUT2D eigenvalue weighted by Gasteiger charge is 2.22. The van der Waals surface area contributed by atoms with E-state index < -0.39 is 11.7 Å².